The second kappa shape index (κ2) is 9.10. The Morgan fingerprint density at radius 2 is 1.56 bits per heavy atom. The highest BCUT2D eigenvalue weighted by molar-refractivity contribution is 5.78. The van der Waals surface area contributed by atoms with Crippen molar-refractivity contribution in [3.63, 3.8) is 0 Å². The molecule has 3 aliphatic carbocycles. The minimum atomic E-state index is 0.395. The van der Waals surface area contributed by atoms with Gasteiger partial charge in [-0.3, -0.25) is 0 Å². The van der Waals surface area contributed by atoms with Crippen molar-refractivity contribution in [3.8, 4) is 0 Å². The second-order valence-electron chi connectivity index (χ2n) is 10.2. The topological polar surface area (TPSA) is 0 Å². The largest absolute Gasteiger partial charge is 0.0726 e. The molecule has 0 heteroatoms. The van der Waals surface area contributed by atoms with E-state index in [9.17, 15) is 0 Å². The van der Waals surface area contributed by atoms with Crippen LogP contribution in [0.2, 0.25) is 0 Å². The molecule has 0 spiro atoms. The lowest BCUT2D eigenvalue weighted by Crippen LogP contribution is -2.12. The average molecular weight is 421 g/mol. The van der Waals surface area contributed by atoms with Gasteiger partial charge in [-0.2, -0.15) is 0 Å². The molecule has 0 aromatic heterocycles. The maximum absolute atomic E-state index is 2.45. The first-order valence-corrected chi connectivity index (χ1v) is 12.6. The van der Waals surface area contributed by atoms with Gasteiger partial charge in [0.05, 0.1) is 0 Å². The zero-order valence-corrected chi connectivity index (χ0v) is 19.9. The van der Waals surface area contributed by atoms with E-state index >= 15 is 0 Å². The summed E-state index contributed by atoms with van der Waals surface area (Å²) in [5, 5.41) is 0. The molecule has 2 aromatic rings. The van der Waals surface area contributed by atoms with E-state index in [1.807, 2.05) is 0 Å². The van der Waals surface area contributed by atoms with Crippen LogP contribution in [-0.4, -0.2) is 0 Å². The molecule has 0 radical (unpaired) electrons. The van der Waals surface area contributed by atoms with Gasteiger partial charge < -0.3 is 0 Å². The molecule has 0 N–H and O–H groups in total. The summed E-state index contributed by atoms with van der Waals surface area (Å²) >= 11 is 0. The minimum absolute atomic E-state index is 0.395. The van der Waals surface area contributed by atoms with Crippen molar-refractivity contribution in [2.45, 2.75) is 65.2 Å². The number of rotatable bonds is 5. The van der Waals surface area contributed by atoms with Crippen molar-refractivity contribution >= 4 is 5.57 Å². The number of allylic oxidation sites excluding steroid dienone is 8. The third-order valence-corrected chi connectivity index (χ3v) is 7.96. The Balaban J connectivity index is 1.36. The van der Waals surface area contributed by atoms with Crippen LogP contribution in [0.4, 0.5) is 0 Å². The van der Waals surface area contributed by atoms with Crippen LogP contribution in [0.1, 0.15) is 73.3 Å². The summed E-state index contributed by atoms with van der Waals surface area (Å²) in [6, 6.07) is 16.4. The Hall–Kier alpha value is -2.60. The first-order valence-electron chi connectivity index (χ1n) is 12.6. The Labute approximate surface area is 194 Å². The predicted octanol–water partition coefficient (Wildman–Crippen LogP) is 8.53. The quantitative estimate of drug-likeness (QED) is 0.454. The van der Waals surface area contributed by atoms with Gasteiger partial charge >= 0.3 is 0 Å². The third-order valence-electron chi connectivity index (χ3n) is 7.96. The number of hydrogen-bond acceptors (Lipinski definition) is 0. The molecule has 3 aliphatic rings. The minimum Gasteiger partial charge on any atom is -0.0726 e. The van der Waals surface area contributed by atoms with Gasteiger partial charge in [-0.25, -0.2) is 0 Å². The lowest BCUT2D eigenvalue weighted by molar-refractivity contribution is 0.347. The summed E-state index contributed by atoms with van der Waals surface area (Å²) in [5.41, 5.74) is 11.6. The molecule has 1 atom stereocenters. The number of aryl methyl sites for hydroxylation is 2. The monoisotopic (exact) mass is 420 g/mol. The maximum Gasteiger partial charge on any atom is 0.0281 e. The summed E-state index contributed by atoms with van der Waals surface area (Å²) in [4.78, 5) is 0. The zero-order chi connectivity index (χ0) is 22.1. The van der Waals surface area contributed by atoms with Crippen molar-refractivity contribution < 1.29 is 0 Å². The number of benzene rings is 2. The Morgan fingerprint density at radius 1 is 0.812 bits per heavy atom. The average Bonchev–Trinajstić information content (AvgIpc) is 3.31. The van der Waals surface area contributed by atoms with Crippen molar-refractivity contribution in [2.75, 3.05) is 0 Å². The van der Waals surface area contributed by atoms with Crippen LogP contribution in [0, 0.1) is 18.8 Å². The van der Waals surface area contributed by atoms with Crippen molar-refractivity contribution in [2.24, 2.45) is 11.8 Å². The van der Waals surface area contributed by atoms with E-state index in [0.717, 1.165) is 24.7 Å². The standard InChI is InChI=1S/C32H36/c1-4-24-10-15-27(16-11-24)31-19-17-28(30-6-5-7-32(30)31)21-25-12-18-29(23(3)20-25)26-13-8-22(2)9-14-26/h5-7,10-12,15-20,22,26,32H,4,8-9,13-14,21H2,1-3H3. The molecule has 0 aliphatic heterocycles. The molecular weight excluding hydrogens is 384 g/mol. The molecule has 164 valence electrons. The van der Waals surface area contributed by atoms with Crippen LogP contribution < -0.4 is 0 Å². The molecule has 0 bridgehead atoms. The maximum atomic E-state index is 2.45. The fraction of sp³-hybridized carbons (Fsp3) is 0.375. The highest BCUT2D eigenvalue weighted by Crippen LogP contribution is 2.42. The van der Waals surface area contributed by atoms with Gasteiger partial charge in [0.2, 0.25) is 0 Å². The van der Waals surface area contributed by atoms with E-state index in [0.29, 0.717) is 5.92 Å². The predicted molar refractivity (Wildman–Crippen MR) is 138 cm³/mol. The van der Waals surface area contributed by atoms with Gasteiger partial charge in [-0.1, -0.05) is 99.5 Å². The zero-order valence-electron chi connectivity index (χ0n) is 19.9. The molecule has 0 amide bonds. The summed E-state index contributed by atoms with van der Waals surface area (Å²) in [6.07, 6.45) is 19.3. The third kappa shape index (κ3) is 4.20. The molecule has 0 nitrogen and oxygen atoms in total. The first kappa shape index (κ1) is 21.3. The van der Waals surface area contributed by atoms with Crippen molar-refractivity contribution in [1.29, 1.82) is 0 Å². The SMILES string of the molecule is CCc1ccc(C2=CC=C(Cc3ccc(C4CCC(C)CC4)c(C)c3)C3=CC=CC32)cc1. The smallest absolute Gasteiger partial charge is 0.0281 e. The summed E-state index contributed by atoms with van der Waals surface area (Å²) in [6.45, 7) is 6.95. The molecule has 32 heavy (non-hydrogen) atoms. The normalized spacial score (nSPS) is 24.6. The number of hydrogen-bond donors (Lipinski definition) is 0. The van der Waals surface area contributed by atoms with E-state index in [-0.39, 0.29) is 0 Å². The fourth-order valence-corrected chi connectivity index (χ4v) is 5.91. The second-order valence-corrected chi connectivity index (χ2v) is 10.2. The van der Waals surface area contributed by atoms with Crippen molar-refractivity contribution in [3.05, 3.63) is 112 Å². The highest BCUT2D eigenvalue weighted by atomic mass is 14.3. The molecule has 0 saturated heterocycles. The Morgan fingerprint density at radius 3 is 2.28 bits per heavy atom. The highest BCUT2D eigenvalue weighted by Gasteiger charge is 2.26. The van der Waals surface area contributed by atoms with Crippen LogP contribution >= 0.6 is 0 Å². The molecule has 1 unspecified atom stereocenters. The number of fused-ring (bicyclic) bond motifs is 1. The van der Waals surface area contributed by atoms with Crippen LogP contribution in [0.3, 0.4) is 0 Å². The van der Waals surface area contributed by atoms with Gasteiger partial charge in [0.15, 0.2) is 0 Å². The summed E-state index contributed by atoms with van der Waals surface area (Å²) in [7, 11) is 0. The van der Waals surface area contributed by atoms with Crippen LogP contribution in [-0.2, 0) is 12.8 Å². The Bertz CT molecular complexity index is 1100. The van der Waals surface area contributed by atoms with E-state index in [1.165, 1.54) is 64.7 Å². The van der Waals surface area contributed by atoms with Gasteiger partial charge in [0, 0.05) is 5.92 Å². The Kier molecular flexibility index (Phi) is 6.05. The van der Waals surface area contributed by atoms with Crippen molar-refractivity contribution in [1.82, 2.24) is 0 Å². The van der Waals surface area contributed by atoms with Gasteiger partial charge in [0.1, 0.15) is 0 Å². The van der Waals surface area contributed by atoms with Gasteiger partial charge in [-0.05, 0) is 89.0 Å². The molecule has 1 fully saturated rings. The lowest BCUT2D eigenvalue weighted by Gasteiger charge is -2.28. The molecule has 5 rings (SSSR count). The lowest BCUT2D eigenvalue weighted by atomic mass is 9.77. The summed E-state index contributed by atoms with van der Waals surface area (Å²) in [5.74, 6) is 2.07. The molecule has 0 heterocycles. The van der Waals surface area contributed by atoms with Gasteiger partial charge in [0.25, 0.3) is 0 Å². The molecule has 1 saturated carbocycles. The fourth-order valence-electron chi connectivity index (χ4n) is 5.91. The van der Waals surface area contributed by atoms with Crippen LogP contribution in [0.15, 0.2) is 84.0 Å². The first-order chi connectivity index (χ1) is 15.6. The van der Waals surface area contributed by atoms with E-state index in [4.69, 9.17) is 0 Å². The molecular formula is C32H36. The van der Waals surface area contributed by atoms with E-state index in [1.54, 1.807) is 5.56 Å². The van der Waals surface area contributed by atoms with Crippen LogP contribution in [0.5, 0.6) is 0 Å². The van der Waals surface area contributed by atoms with Gasteiger partial charge in [-0.15, -0.1) is 0 Å². The van der Waals surface area contributed by atoms with E-state index < -0.39 is 0 Å². The van der Waals surface area contributed by atoms with E-state index in [2.05, 4.69) is 93.6 Å². The van der Waals surface area contributed by atoms with Crippen LogP contribution in [0.25, 0.3) is 5.57 Å². The molecule has 2 aromatic carbocycles. The summed E-state index contributed by atoms with van der Waals surface area (Å²) < 4.78 is 0.